The van der Waals surface area contributed by atoms with E-state index in [-0.39, 0.29) is 0 Å². The lowest BCUT2D eigenvalue weighted by Crippen LogP contribution is -2.23. The molecule has 0 aliphatic heterocycles. The quantitative estimate of drug-likeness (QED) is 0.832. The molecule has 0 bridgehead atoms. The Morgan fingerprint density at radius 3 is 2.79 bits per heavy atom. The lowest BCUT2D eigenvalue weighted by molar-refractivity contribution is 0.730. The summed E-state index contributed by atoms with van der Waals surface area (Å²) in [5, 5.41) is 0. The van der Waals surface area contributed by atoms with E-state index in [1.165, 1.54) is 18.5 Å². The van der Waals surface area contributed by atoms with Crippen molar-refractivity contribution in [2.75, 3.05) is 24.5 Å². The number of rotatable bonds is 7. The number of hydrogen-bond donors (Lipinski definition) is 1. The third-order valence-electron chi connectivity index (χ3n) is 3.41. The molecular weight excluding hydrogens is 236 g/mol. The Morgan fingerprint density at radius 2 is 2.11 bits per heavy atom. The summed E-state index contributed by atoms with van der Waals surface area (Å²) in [6, 6.07) is 4.25. The number of nitrogens with zero attached hydrogens (tertiary/aromatic N) is 3. The van der Waals surface area contributed by atoms with E-state index in [0.717, 1.165) is 30.9 Å². The fourth-order valence-electron chi connectivity index (χ4n) is 2.31. The second-order valence-electron chi connectivity index (χ2n) is 4.86. The van der Waals surface area contributed by atoms with Crippen LogP contribution in [-0.4, -0.2) is 29.0 Å². The van der Waals surface area contributed by atoms with Gasteiger partial charge >= 0.3 is 0 Å². The van der Waals surface area contributed by atoms with Gasteiger partial charge in [-0.05, 0) is 32.0 Å². The van der Waals surface area contributed by atoms with Crippen LogP contribution in [0.4, 0.5) is 5.69 Å². The van der Waals surface area contributed by atoms with Gasteiger partial charge in [-0.3, -0.25) is 0 Å². The monoisotopic (exact) mass is 260 g/mol. The van der Waals surface area contributed by atoms with E-state index in [2.05, 4.69) is 52.7 Å². The minimum absolute atomic E-state index is 0.647. The molecule has 0 saturated carbocycles. The summed E-state index contributed by atoms with van der Waals surface area (Å²) in [6.07, 6.45) is 7.55. The van der Waals surface area contributed by atoms with Crippen molar-refractivity contribution in [1.82, 2.24) is 9.38 Å². The minimum atomic E-state index is 0.647. The highest BCUT2D eigenvalue weighted by atomic mass is 15.1. The Labute approximate surface area is 115 Å². The topological polar surface area (TPSA) is 46.6 Å². The van der Waals surface area contributed by atoms with E-state index in [4.69, 9.17) is 5.73 Å². The molecule has 0 unspecified atom stereocenters. The SMILES string of the molecule is CCCCN(CC)c1ccc2nc(CCN)cn2c1. The molecule has 0 aromatic carbocycles. The van der Waals surface area contributed by atoms with Gasteiger partial charge in [0.25, 0.3) is 0 Å². The van der Waals surface area contributed by atoms with Gasteiger partial charge in [0, 0.05) is 31.9 Å². The first kappa shape index (κ1) is 13.9. The Kier molecular flexibility index (Phi) is 4.80. The zero-order chi connectivity index (χ0) is 13.7. The van der Waals surface area contributed by atoms with Gasteiger partial charge in [-0.1, -0.05) is 13.3 Å². The summed E-state index contributed by atoms with van der Waals surface area (Å²) >= 11 is 0. The third kappa shape index (κ3) is 3.26. The maximum absolute atomic E-state index is 5.58. The molecular formula is C15H24N4. The fraction of sp³-hybridized carbons (Fsp3) is 0.533. The molecule has 104 valence electrons. The number of unbranched alkanes of at least 4 members (excludes halogenated alkanes) is 1. The average Bonchev–Trinajstić information content (AvgIpc) is 2.81. The van der Waals surface area contributed by atoms with E-state index in [9.17, 15) is 0 Å². The molecule has 19 heavy (non-hydrogen) atoms. The molecule has 0 spiro atoms. The highest BCUT2D eigenvalue weighted by Gasteiger charge is 2.06. The van der Waals surface area contributed by atoms with Gasteiger partial charge in [-0.2, -0.15) is 0 Å². The Morgan fingerprint density at radius 1 is 1.26 bits per heavy atom. The summed E-state index contributed by atoms with van der Waals surface area (Å²) < 4.78 is 2.11. The first-order valence-electron chi connectivity index (χ1n) is 7.21. The Bertz CT molecular complexity index is 518. The molecule has 2 aromatic heterocycles. The van der Waals surface area contributed by atoms with Gasteiger partial charge < -0.3 is 15.0 Å². The molecule has 0 aliphatic rings. The molecule has 0 atom stereocenters. The van der Waals surface area contributed by atoms with E-state index in [1.807, 2.05) is 0 Å². The highest BCUT2D eigenvalue weighted by molar-refractivity contribution is 5.52. The predicted molar refractivity (Wildman–Crippen MR) is 80.7 cm³/mol. The van der Waals surface area contributed by atoms with Gasteiger partial charge in [0.2, 0.25) is 0 Å². The third-order valence-corrected chi connectivity index (χ3v) is 3.41. The van der Waals surface area contributed by atoms with Crippen LogP contribution in [0.2, 0.25) is 0 Å². The van der Waals surface area contributed by atoms with E-state index in [1.54, 1.807) is 0 Å². The lowest BCUT2D eigenvalue weighted by atomic mass is 10.3. The van der Waals surface area contributed by atoms with Crippen LogP contribution < -0.4 is 10.6 Å². The summed E-state index contributed by atoms with van der Waals surface area (Å²) in [5.74, 6) is 0. The van der Waals surface area contributed by atoms with Crippen molar-refractivity contribution in [1.29, 1.82) is 0 Å². The van der Waals surface area contributed by atoms with Crippen molar-refractivity contribution in [3.8, 4) is 0 Å². The van der Waals surface area contributed by atoms with Crippen LogP contribution in [0, 0.1) is 0 Å². The number of nitrogens with two attached hydrogens (primary N) is 1. The summed E-state index contributed by atoms with van der Waals surface area (Å²) in [6.45, 7) is 7.23. The van der Waals surface area contributed by atoms with Crippen molar-refractivity contribution in [2.45, 2.75) is 33.1 Å². The van der Waals surface area contributed by atoms with Crippen molar-refractivity contribution in [3.63, 3.8) is 0 Å². The Balaban J connectivity index is 2.23. The van der Waals surface area contributed by atoms with Crippen LogP contribution in [0.1, 0.15) is 32.4 Å². The van der Waals surface area contributed by atoms with Crippen LogP contribution in [0.3, 0.4) is 0 Å². The van der Waals surface area contributed by atoms with Crippen LogP contribution in [-0.2, 0) is 6.42 Å². The first-order chi connectivity index (χ1) is 9.28. The van der Waals surface area contributed by atoms with Gasteiger partial charge in [0.15, 0.2) is 0 Å². The maximum Gasteiger partial charge on any atom is 0.137 e. The normalized spacial score (nSPS) is 11.1. The average molecular weight is 260 g/mol. The van der Waals surface area contributed by atoms with Gasteiger partial charge in [0.1, 0.15) is 5.65 Å². The highest BCUT2D eigenvalue weighted by Crippen LogP contribution is 2.17. The number of anilines is 1. The summed E-state index contributed by atoms with van der Waals surface area (Å²) in [4.78, 5) is 6.96. The summed E-state index contributed by atoms with van der Waals surface area (Å²) in [7, 11) is 0. The zero-order valence-electron chi connectivity index (χ0n) is 12.0. The van der Waals surface area contributed by atoms with Crippen LogP contribution in [0.5, 0.6) is 0 Å². The number of imidazole rings is 1. The van der Waals surface area contributed by atoms with Crippen molar-refractivity contribution in [3.05, 3.63) is 30.2 Å². The Hall–Kier alpha value is -1.55. The molecule has 0 radical (unpaired) electrons. The molecule has 2 N–H and O–H groups in total. The molecule has 0 fully saturated rings. The number of aromatic nitrogens is 2. The van der Waals surface area contributed by atoms with Gasteiger partial charge in [-0.15, -0.1) is 0 Å². The van der Waals surface area contributed by atoms with Crippen LogP contribution >= 0.6 is 0 Å². The second-order valence-corrected chi connectivity index (χ2v) is 4.86. The molecule has 2 heterocycles. The molecule has 4 heteroatoms. The largest absolute Gasteiger partial charge is 0.371 e. The van der Waals surface area contributed by atoms with Crippen molar-refractivity contribution in [2.24, 2.45) is 5.73 Å². The number of pyridine rings is 1. The molecule has 2 rings (SSSR count). The predicted octanol–water partition coefficient (Wildman–Crippen LogP) is 2.46. The van der Waals surface area contributed by atoms with E-state index in [0.29, 0.717) is 6.54 Å². The molecule has 0 aliphatic carbocycles. The van der Waals surface area contributed by atoms with E-state index >= 15 is 0 Å². The molecule has 0 amide bonds. The van der Waals surface area contributed by atoms with Crippen LogP contribution in [0.15, 0.2) is 24.5 Å². The number of hydrogen-bond acceptors (Lipinski definition) is 3. The fourth-order valence-corrected chi connectivity index (χ4v) is 2.31. The molecule has 4 nitrogen and oxygen atoms in total. The smallest absolute Gasteiger partial charge is 0.137 e. The second kappa shape index (κ2) is 6.57. The van der Waals surface area contributed by atoms with Crippen molar-refractivity contribution >= 4 is 11.3 Å². The zero-order valence-corrected chi connectivity index (χ0v) is 12.0. The van der Waals surface area contributed by atoms with Gasteiger partial charge in [-0.25, -0.2) is 4.98 Å². The number of fused-ring (bicyclic) bond motifs is 1. The van der Waals surface area contributed by atoms with Gasteiger partial charge in [0.05, 0.1) is 11.4 Å². The first-order valence-corrected chi connectivity index (χ1v) is 7.21. The van der Waals surface area contributed by atoms with Crippen LogP contribution in [0.25, 0.3) is 5.65 Å². The van der Waals surface area contributed by atoms with E-state index < -0.39 is 0 Å². The lowest BCUT2D eigenvalue weighted by Gasteiger charge is -2.22. The minimum Gasteiger partial charge on any atom is -0.371 e. The maximum atomic E-state index is 5.58. The molecule has 0 saturated heterocycles. The molecule has 2 aromatic rings. The van der Waals surface area contributed by atoms with Crippen molar-refractivity contribution < 1.29 is 0 Å². The standard InChI is InChI=1S/C15H24N4/c1-3-5-10-18(4-2)14-6-7-15-17-13(8-9-16)11-19(15)12-14/h6-7,11-12H,3-5,8-10,16H2,1-2H3. The summed E-state index contributed by atoms with van der Waals surface area (Å²) in [5.41, 5.74) is 8.91.